The van der Waals surface area contributed by atoms with Crippen LogP contribution in [0.25, 0.3) is 5.69 Å². The summed E-state index contributed by atoms with van der Waals surface area (Å²) in [5, 5.41) is 5.88. The molecule has 0 fully saturated rings. The molecule has 0 bridgehead atoms. The molecule has 7 heteroatoms. The number of rotatable bonds is 4. The molecule has 0 aliphatic rings. The van der Waals surface area contributed by atoms with E-state index in [-0.39, 0.29) is 0 Å². The summed E-state index contributed by atoms with van der Waals surface area (Å²) in [4.78, 5) is 0. The van der Waals surface area contributed by atoms with Crippen molar-refractivity contribution in [3.63, 3.8) is 0 Å². The van der Waals surface area contributed by atoms with Crippen LogP contribution in [0.15, 0.2) is 52.9 Å². The lowest BCUT2D eigenvalue weighted by molar-refractivity contribution is 0.829. The summed E-state index contributed by atoms with van der Waals surface area (Å²) >= 11 is 20.6. The second kappa shape index (κ2) is 7.15. The zero-order chi connectivity index (χ0) is 15.5. The Hall–Kier alpha value is -0.850. The first-order valence-corrected chi connectivity index (χ1v) is 9.32. The van der Waals surface area contributed by atoms with E-state index in [1.54, 1.807) is 22.5 Å². The SMILES string of the molecule is S=c1sc(SCc2ccc(Cl)cc2Cl)nn1-c1ccccc1. The summed E-state index contributed by atoms with van der Waals surface area (Å²) in [7, 11) is 0. The van der Waals surface area contributed by atoms with E-state index in [1.807, 2.05) is 42.5 Å². The largest absolute Gasteiger partial charge is 0.211 e. The Balaban J connectivity index is 1.78. The maximum absolute atomic E-state index is 6.19. The number of para-hydroxylation sites is 1. The van der Waals surface area contributed by atoms with Crippen LogP contribution >= 0.6 is 58.5 Å². The second-order valence-electron chi connectivity index (χ2n) is 4.41. The topological polar surface area (TPSA) is 17.8 Å². The number of benzene rings is 2. The molecule has 0 unspecified atom stereocenters. The molecule has 2 nitrogen and oxygen atoms in total. The monoisotopic (exact) mass is 384 g/mol. The average molecular weight is 385 g/mol. The quantitative estimate of drug-likeness (QED) is 0.390. The standard InChI is InChI=1S/C15H10Cl2N2S3/c16-11-7-6-10(13(17)8-11)9-21-14-18-19(15(20)22-14)12-4-2-1-3-5-12/h1-8H,9H2. The maximum Gasteiger partial charge on any atom is 0.184 e. The van der Waals surface area contributed by atoms with Crippen LogP contribution in [-0.4, -0.2) is 9.78 Å². The molecule has 2 aromatic carbocycles. The summed E-state index contributed by atoms with van der Waals surface area (Å²) in [6, 6.07) is 15.4. The first-order valence-electron chi connectivity index (χ1n) is 6.36. The zero-order valence-corrected chi connectivity index (χ0v) is 15.2. The van der Waals surface area contributed by atoms with Gasteiger partial charge in [0.15, 0.2) is 8.29 Å². The third-order valence-corrected chi connectivity index (χ3v) is 5.90. The molecular formula is C15H10Cl2N2S3. The van der Waals surface area contributed by atoms with Gasteiger partial charge in [-0.15, -0.1) is 5.10 Å². The van der Waals surface area contributed by atoms with Crippen LogP contribution in [0.4, 0.5) is 0 Å². The number of hydrogen-bond acceptors (Lipinski definition) is 4. The van der Waals surface area contributed by atoms with Crippen LogP contribution in [-0.2, 0) is 5.75 Å². The zero-order valence-electron chi connectivity index (χ0n) is 11.2. The highest BCUT2D eigenvalue weighted by molar-refractivity contribution is 8.00. The molecule has 112 valence electrons. The number of halogens is 2. The van der Waals surface area contributed by atoms with Crippen LogP contribution < -0.4 is 0 Å². The van der Waals surface area contributed by atoms with Crippen LogP contribution in [0, 0.1) is 3.95 Å². The van der Waals surface area contributed by atoms with E-state index in [2.05, 4.69) is 5.10 Å². The minimum atomic E-state index is 0.641. The van der Waals surface area contributed by atoms with E-state index < -0.39 is 0 Å². The first kappa shape index (κ1) is 16.0. The van der Waals surface area contributed by atoms with Gasteiger partial charge in [0, 0.05) is 15.8 Å². The van der Waals surface area contributed by atoms with Crippen molar-refractivity contribution < 1.29 is 0 Å². The fourth-order valence-corrected chi connectivity index (χ4v) is 4.75. The summed E-state index contributed by atoms with van der Waals surface area (Å²) in [5.41, 5.74) is 2.00. The molecule has 22 heavy (non-hydrogen) atoms. The summed E-state index contributed by atoms with van der Waals surface area (Å²) in [5.74, 6) is 0.729. The van der Waals surface area contributed by atoms with Crippen molar-refractivity contribution in [2.75, 3.05) is 0 Å². The van der Waals surface area contributed by atoms with Crippen molar-refractivity contribution in [3.05, 3.63) is 68.1 Å². The van der Waals surface area contributed by atoms with Crippen LogP contribution in [0.5, 0.6) is 0 Å². The Bertz CT molecular complexity index is 843. The van der Waals surface area contributed by atoms with Crippen LogP contribution in [0.1, 0.15) is 5.56 Å². The lowest BCUT2D eigenvalue weighted by atomic mass is 10.2. The molecule has 0 radical (unpaired) electrons. The molecular weight excluding hydrogens is 375 g/mol. The van der Waals surface area contributed by atoms with Crippen molar-refractivity contribution in [2.45, 2.75) is 10.1 Å². The third kappa shape index (κ3) is 3.73. The third-order valence-electron chi connectivity index (χ3n) is 2.90. The second-order valence-corrected chi connectivity index (χ2v) is 8.09. The Kier molecular flexibility index (Phi) is 5.21. The van der Waals surface area contributed by atoms with Gasteiger partial charge >= 0.3 is 0 Å². The van der Waals surface area contributed by atoms with E-state index in [9.17, 15) is 0 Å². The molecule has 0 atom stereocenters. The maximum atomic E-state index is 6.19. The highest BCUT2D eigenvalue weighted by Gasteiger charge is 2.08. The fourth-order valence-electron chi connectivity index (χ4n) is 1.83. The normalized spacial score (nSPS) is 10.8. The van der Waals surface area contributed by atoms with Gasteiger partial charge in [-0.3, -0.25) is 0 Å². The van der Waals surface area contributed by atoms with E-state index in [0.717, 1.165) is 25.3 Å². The van der Waals surface area contributed by atoms with Gasteiger partial charge < -0.3 is 0 Å². The number of hydrogen-bond donors (Lipinski definition) is 0. The van der Waals surface area contributed by atoms with Crippen molar-refractivity contribution in [2.24, 2.45) is 0 Å². The van der Waals surface area contributed by atoms with Gasteiger partial charge in [0.25, 0.3) is 0 Å². The summed E-state index contributed by atoms with van der Waals surface area (Å²) in [6.07, 6.45) is 0. The Morgan fingerprint density at radius 1 is 1.14 bits per heavy atom. The van der Waals surface area contributed by atoms with Gasteiger partial charge in [-0.25, -0.2) is 4.68 Å². The number of aromatic nitrogens is 2. The minimum Gasteiger partial charge on any atom is -0.211 e. The van der Waals surface area contributed by atoms with Gasteiger partial charge in [-0.1, -0.05) is 70.6 Å². The smallest absolute Gasteiger partial charge is 0.184 e. The van der Waals surface area contributed by atoms with Crippen molar-refractivity contribution >= 4 is 58.5 Å². The molecule has 0 N–H and O–H groups in total. The molecule has 1 heterocycles. The van der Waals surface area contributed by atoms with Crippen LogP contribution in [0.2, 0.25) is 10.0 Å². The average Bonchev–Trinajstić information content (AvgIpc) is 2.88. The predicted molar refractivity (Wildman–Crippen MR) is 98.3 cm³/mol. The Morgan fingerprint density at radius 2 is 1.91 bits per heavy atom. The predicted octanol–water partition coefficient (Wildman–Crippen LogP) is 6.26. The summed E-state index contributed by atoms with van der Waals surface area (Å²) in [6.45, 7) is 0. The Morgan fingerprint density at radius 3 is 2.64 bits per heavy atom. The number of nitrogens with zero attached hydrogens (tertiary/aromatic N) is 2. The molecule has 0 saturated heterocycles. The van der Waals surface area contributed by atoms with Crippen molar-refractivity contribution in [1.82, 2.24) is 9.78 Å². The lowest BCUT2D eigenvalue weighted by Crippen LogP contribution is -1.95. The molecule has 3 rings (SSSR count). The Labute approximate surface area is 151 Å². The highest BCUT2D eigenvalue weighted by atomic mass is 35.5. The van der Waals surface area contributed by atoms with E-state index in [1.165, 1.54) is 11.3 Å². The molecule has 0 aliphatic carbocycles. The fraction of sp³-hybridized carbons (Fsp3) is 0.0667. The van der Waals surface area contributed by atoms with Gasteiger partial charge in [0.2, 0.25) is 0 Å². The first-order chi connectivity index (χ1) is 10.6. The van der Waals surface area contributed by atoms with E-state index in [4.69, 9.17) is 35.4 Å². The van der Waals surface area contributed by atoms with Gasteiger partial charge in [-0.05, 0) is 42.0 Å². The minimum absolute atomic E-state index is 0.641. The van der Waals surface area contributed by atoms with E-state index >= 15 is 0 Å². The van der Waals surface area contributed by atoms with Crippen LogP contribution in [0.3, 0.4) is 0 Å². The molecule has 0 saturated carbocycles. The van der Waals surface area contributed by atoms with Gasteiger partial charge in [-0.2, -0.15) is 0 Å². The molecule has 0 aliphatic heterocycles. The molecule has 3 aromatic rings. The van der Waals surface area contributed by atoms with Gasteiger partial charge in [0.05, 0.1) is 5.69 Å². The van der Waals surface area contributed by atoms with Crippen molar-refractivity contribution in [1.29, 1.82) is 0 Å². The lowest BCUT2D eigenvalue weighted by Gasteiger charge is -2.02. The molecule has 0 spiro atoms. The van der Waals surface area contributed by atoms with Crippen molar-refractivity contribution in [3.8, 4) is 5.69 Å². The summed E-state index contributed by atoms with van der Waals surface area (Å²) < 4.78 is 3.43. The molecule has 1 aromatic heterocycles. The van der Waals surface area contributed by atoms with E-state index in [0.29, 0.717) is 10.0 Å². The van der Waals surface area contributed by atoms with Gasteiger partial charge in [0.1, 0.15) is 0 Å². The number of thioether (sulfide) groups is 1. The molecule has 0 amide bonds. The highest BCUT2D eigenvalue weighted by Crippen LogP contribution is 2.30.